The van der Waals surface area contributed by atoms with E-state index in [-0.39, 0.29) is 18.4 Å². The van der Waals surface area contributed by atoms with Gasteiger partial charge in [-0.05, 0) is 35.7 Å². The molecule has 3 aliphatic heterocycles. The number of benzene rings is 1. The van der Waals surface area contributed by atoms with Gasteiger partial charge >= 0.3 is 0 Å². The molecule has 0 saturated carbocycles. The van der Waals surface area contributed by atoms with Gasteiger partial charge in [-0.15, -0.1) is 0 Å². The molecule has 0 unspecified atom stereocenters. The lowest BCUT2D eigenvalue weighted by Gasteiger charge is -2.58. The summed E-state index contributed by atoms with van der Waals surface area (Å²) in [4.78, 5) is 36.5. The minimum Gasteiger partial charge on any atom is -0.497 e. The summed E-state index contributed by atoms with van der Waals surface area (Å²) < 4.78 is 5.20. The van der Waals surface area contributed by atoms with Crippen LogP contribution in [0.4, 0.5) is 0 Å². The third-order valence-electron chi connectivity index (χ3n) is 6.62. The maximum Gasteiger partial charge on any atom is 0.252 e. The van der Waals surface area contributed by atoms with Gasteiger partial charge in [0.1, 0.15) is 11.3 Å². The van der Waals surface area contributed by atoms with Crippen molar-refractivity contribution in [1.82, 2.24) is 19.7 Å². The molecule has 2 aromatic rings. The lowest BCUT2D eigenvalue weighted by atomic mass is 9.82. The van der Waals surface area contributed by atoms with E-state index in [1.54, 1.807) is 13.3 Å². The molecule has 1 aromatic carbocycles. The average Bonchev–Trinajstić information content (AvgIpc) is 3.16. The van der Waals surface area contributed by atoms with Crippen LogP contribution in [0.15, 0.2) is 48.8 Å². The smallest absolute Gasteiger partial charge is 0.252 e. The first-order valence-electron chi connectivity index (χ1n) is 10.5. The van der Waals surface area contributed by atoms with E-state index < -0.39 is 17.7 Å². The molecule has 3 aliphatic rings. The molecule has 1 N–H and O–H groups in total. The number of imide groups is 1. The standard InChI is InChI=1S/C23H26N4O4/c1-31-19-6-4-16(5-7-19)12-26-21(29)20-9-18(28)13-27(20)23(22(26)30)14-25(15-23)11-17-3-2-8-24-10-17/h2-8,10,18,20,28H,9,11-15H2,1H3/t18-,20+/m1/s1. The van der Waals surface area contributed by atoms with Crippen molar-refractivity contribution in [3.8, 4) is 5.75 Å². The third-order valence-corrected chi connectivity index (χ3v) is 6.62. The number of rotatable bonds is 5. The highest BCUT2D eigenvalue weighted by Crippen LogP contribution is 2.41. The lowest BCUT2D eigenvalue weighted by Crippen LogP contribution is -2.81. The highest BCUT2D eigenvalue weighted by atomic mass is 16.5. The number of aliphatic hydroxyl groups excluding tert-OH is 1. The second-order valence-electron chi connectivity index (χ2n) is 8.67. The normalized spacial score (nSPS) is 25.5. The van der Waals surface area contributed by atoms with E-state index in [1.165, 1.54) is 4.90 Å². The first-order chi connectivity index (χ1) is 15.0. The Bertz CT molecular complexity index is 975. The van der Waals surface area contributed by atoms with Crippen LogP contribution in [0, 0.1) is 0 Å². The van der Waals surface area contributed by atoms with Crippen LogP contribution < -0.4 is 4.74 Å². The van der Waals surface area contributed by atoms with E-state index in [9.17, 15) is 14.7 Å². The molecule has 4 heterocycles. The number of hydrogen-bond acceptors (Lipinski definition) is 7. The Labute approximate surface area is 181 Å². The molecule has 1 spiro atoms. The van der Waals surface area contributed by atoms with Crippen LogP contribution >= 0.6 is 0 Å². The van der Waals surface area contributed by atoms with Gasteiger partial charge in [-0.25, -0.2) is 0 Å². The van der Waals surface area contributed by atoms with Crippen LogP contribution in [-0.2, 0) is 22.7 Å². The third kappa shape index (κ3) is 3.40. The van der Waals surface area contributed by atoms with Gasteiger partial charge in [0.2, 0.25) is 5.91 Å². The quantitative estimate of drug-likeness (QED) is 0.708. The number of amides is 2. The molecule has 162 valence electrons. The summed E-state index contributed by atoms with van der Waals surface area (Å²) in [5.41, 5.74) is 1.20. The Morgan fingerprint density at radius 2 is 1.90 bits per heavy atom. The van der Waals surface area contributed by atoms with Crippen molar-refractivity contribution in [2.24, 2.45) is 0 Å². The summed E-state index contributed by atoms with van der Waals surface area (Å²) in [6.45, 7) is 2.37. The van der Waals surface area contributed by atoms with Crippen molar-refractivity contribution in [2.75, 3.05) is 26.7 Å². The molecule has 31 heavy (non-hydrogen) atoms. The van der Waals surface area contributed by atoms with Crippen molar-refractivity contribution >= 4 is 11.8 Å². The summed E-state index contributed by atoms with van der Waals surface area (Å²) in [6.07, 6.45) is 3.35. The molecule has 3 saturated heterocycles. The molecule has 8 heteroatoms. The number of aromatic nitrogens is 1. The van der Waals surface area contributed by atoms with Crippen LogP contribution in [0.25, 0.3) is 0 Å². The molecule has 8 nitrogen and oxygen atoms in total. The second-order valence-corrected chi connectivity index (χ2v) is 8.67. The molecule has 0 bridgehead atoms. The number of hydrogen-bond donors (Lipinski definition) is 1. The Hall–Kier alpha value is -2.81. The van der Waals surface area contributed by atoms with Gasteiger partial charge in [0.25, 0.3) is 5.91 Å². The van der Waals surface area contributed by atoms with Crippen LogP contribution in [0.1, 0.15) is 17.5 Å². The number of methoxy groups -OCH3 is 1. The first kappa shape index (κ1) is 20.1. The number of piperazine rings is 1. The Balaban J connectivity index is 1.38. The average molecular weight is 422 g/mol. The highest BCUT2D eigenvalue weighted by Gasteiger charge is 2.64. The van der Waals surface area contributed by atoms with Gasteiger partial charge in [-0.1, -0.05) is 18.2 Å². The molecule has 5 rings (SSSR count). The number of β-amino-alcohol motifs (C(OH)–C–C–N with tert-alkyl or cyclic N) is 1. The van der Waals surface area contributed by atoms with Crippen LogP contribution in [0.5, 0.6) is 5.75 Å². The number of pyridine rings is 1. The zero-order chi connectivity index (χ0) is 21.6. The molecule has 2 atom stereocenters. The van der Waals surface area contributed by atoms with Gasteiger partial charge in [0.15, 0.2) is 0 Å². The largest absolute Gasteiger partial charge is 0.497 e. The monoisotopic (exact) mass is 422 g/mol. The second kappa shape index (κ2) is 7.71. The van der Waals surface area contributed by atoms with Crippen molar-refractivity contribution in [3.05, 3.63) is 59.9 Å². The molecule has 2 amide bonds. The van der Waals surface area contributed by atoms with Gasteiger partial charge < -0.3 is 9.84 Å². The van der Waals surface area contributed by atoms with E-state index in [4.69, 9.17) is 4.74 Å². The van der Waals surface area contributed by atoms with E-state index in [1.807, 2.05) is 47.5 Å². The van der Waals surface area contributed by atoms with Crippen molar-refractivity contribution in [3.63, 3.8) is 0 Å². The van der Waals surface area contributed by atoms with Crippen molar-refractivity contribution in [1.29, 1.82) is 0 Å². The fourth-order valence-corrected chi connectivity index (χ4v) is 5.11. The number of nitrogens with zero attached hydrogens (tertiary/aromatic N) is 4. The summed E-state index contributed by atoms with van der Waals surface area (Å²) in [6, 6.07) is 10.9. The SMILES string of the molecule is COc1ccc(CN2C(=O)[C@@H]3C[C@@H](O)CN3C3(CN(Cc4cccnc4)C3)C2=O)cc1. The number of fused-ring (bicyclic) bond motifs is 2. The van der Waals surface area contributed by atoms with Gasteiger partial charge in [0.05, 0.1) is 25.8 Å². The number of carbonyl (C=O) groups is 2. The summed E-state index contributed by atoms with van der Waals surface area (Å²) in [5.74, 6) is 0.349. The molecule has 1 aromatic heterocycles. The van der Waals surface area contributed by atoms with E-state index in [0.717, 1.165) is 16.9 Å². The molecule has 0 radical (unpaired) electrons. The summed E-state index contributed by atoms with van der Waals surface area (Å²) >= 11 is 0. The van der Waals surface area contributed by atoms with E-state index >= 15 is 0 Å². The maximum absolute atomic E-state index is 13.6. The minimum absolute atomic E-state index is 0.166. The summed E-state index contributed by atoms with van der Waals surface area (Å²) in [7, 11) is 1.60. The number of ether oxygens (including phenoxy) is 1. The highest BCUT2D eigenvalue weighted by molar-refractivity contribution is 6.06. The van der Waals surface area contributed by atoms with E-state index in [2.05, 4.69) is 9.88 Å². The molecule has 0 aliphatic carbocycles. The molecular weight excluding hydrogens is 396 g/mol. The predicted octanol–water partition coefficient (Wildman–Crippen LogP) is 0.649. The van der Waals surface area contributed by atoms with E-state index in [0.29, 0.717) is 32.6 Å². The van der Waals surface area contributed by atoms with Gasteiger partial charge in [-0.2, -0.15) is 0 Å². The van der Waals surface area contributed by atoms with Crippen molar-refractivity contribution in [2.45, 2.75) is 37.2 Å². The Morgan fingerprint density at radius 3 is 2.58 bits per heavy atom. The Morgan fingerprint density at radius 1 is 1.13 bits per heavy atom. The number of aliphatic hydroxyl groups is 1. The zero-order valence-corrected chi connectivity index (χ0v) is 17.5. The van der Waals surface area contributed by atoms with Crippen LogP contribution in [0.2, 0.25) is 0 Å². The molecular formula is C23H26N4O4. The molecule has 3 fully saturated rings. The lowest BCUT2D eigenvalue weighted by molar-refractivity contribution is -0.181. The van der Waals surface area contributed by atoms with Crippen LogP contribution in [-0.4, -0.2) is 81.0 Å². The summed E-state index contributed by atoms with van der Waals surface area (Å²) in [5, 5.41) is 10.3. The topological polar surface area (TPSA) is 86.2 Å². The fourth-order valence-electron chi connectivity index (χ4n) is 5.11. The fraction of sp³-hybridized carbons (Fsp3) is 0.435. The Kier molecular flexibility index (Phi) is 5.00. The van der Waals surface area contributed by atoms with Gasteiger partial charge in [-0.3, -0.25) is 29.3 Å². The maximum atomic E-state index is 13.6. The first-order valence-corrected chi connectivity index (χ1v) is 10.5. The van der Waals surface area contributed by atoms with Gasteiger partial charge in [0, 0.05) is 38.6 Å². The van der Waals surface area contributed by atoms with Crippen LogP contribution in [0.3, 0.4) is 0 Å². The number of likely N-dealkylation sites (tertiary alicyclic amines) is 1. The number of carbonyl (C=O) groups excluding carboxylic acids is 2. The zero-order valence-electron chi connectivity index (χ0n) is 17.5. The minimum atomic E-state index is -0.759. The predicted molar refractivity (Wildman–Crippen MR) is 112 cm³/mol. The van der Waals surface area contributed by atoms with Crippen molar-refractivity contribution < 1.29 is 19.4 Å².